The molecule has 1 aliphatic rings. The zero-order valence-electron chi connectivity index (χ0n) is 8.71. The van der Waals surface area contributed by atoms with Crippen molar-refractivity contribution in [1.29, 1.82) is 0 Å². The first-order valence-corrected chi connectivity index (χ1v) is 5.10. The van der Waals surface area contributed by atoms with Crippen LogP contribution < -0.4 is 4.74 Å². The minimum atomic E-state index is -0.355. The summed E-state index contributed by atoms with van der Waals surface area (Å²) < 4.78 is 5.59. The molecule has 2 heteroatoms. The lowest BCUT2D eigenvalue weighted by Crippen LogP contribution is -1.98. The quantitative estimate of drug-likeness (QED) is 0.684. The van der Waals surface area contributed by atoms with Gasteiger partial charge in [-0.15, -0.1) is 0 Å². The van der Waals surface area contributed by atoms with Crippen molar-refractivity contribution in [2.75, 3.05) is 6.61 Å². The summed E-state index contributed by atoms with van der Waals surface area (Å²) in [6.45, 7) is 4.84. The Bertz CT molecular complexity index is 344. The molecule has 0 fully saturated rings. The number of rotatable bonds is 0. The van der Waals surface area contributed by atoms with Crippen LogP contribution in [0.1, 0.15) is 35.6 Å². The van der Waals surface area contributed by atoms with Crippen LogP contribution in [0.3, 0.4) is 0 Å². The Kier molecular flexibility index (Phi) is 2.46. The monoisotopic (exact) mass is 192 g/mol. The van der Waals surface area contributed by atoms with E-state index in [1.807, 2.05) is 12.1 Å². The zero-order valence-corrected chi connectivity index (χ0v) is 8.71. The molecule has 2 rings (SSSR count). The molecule has 0 aliphatic carbocycles. The summed E-state index contributed by atoms with van der Waals surface area (Å²) in [6, 6.07) is 4.07. The van der Waals surface area contributed by atoms with Gasteiger partial charge < -0.3 is 9.84 Å². The molecule has 2 nitrogen and oxygen atoms in total. The Balaban J connectivity index is 2.49. The first kappa shape index (κ1) is 9.53. The van der Waals surface area contributed by atoms with Gasteiger partial charge in [0.15, 0.2) is 0 Å². The third kappa shape index (κ3) is 1.62. The lowest BCUT2D eigenvalue weighted by atomic mass is 10.00. The van der Waals surface area contributed by atoms with E-state index in [1.165, 1.54) is 11.1 Å². The molecule has 0 radical (unpaired) electrons. The standard InChI is InChI=1S/C12H16O2/c1-8-6-10-11(13)4-3-5-14-12(10)7-9(8)2/h6-7,11,13H,3-5H2,1-2H3/t11-/m0/s1. The largest absolute Gasteiger partial charge is 0.493 e. The second-order valence-corrected chi connectivity index (χ2v) is 3.98. The number of fused-ring (bicyclic) bond motifs is 1. The molecule has 0 amide bonds. The van der Waals surface area contributed by atoms with Crippen LogP contribution >= 0.6 is 0 Å². The van der Waals surface area contributed by atoms with Crippen molar-refractivity contribution in [3.05, 3.63) is 28.8 Å². The third-order valence-corrected chi connectivity index (χ3v) is 2.86. The lowest BCUT2D eigenvalue weighted by molar-refractivity contribution is 0.167. The first-order chi connectivity index (χ1) is 6.68. The molecule has 0 aromatic heterocycles. The maximum absolute atomic E-state index is 9.88. The Morgan fingerprint density at radius 1 is 1.29 bits per heavy atom. The van der Waals surface area contributed by atoms with E-state index in [0.29, 0.717) is 6.61 Å². The maximum atomic E-state index is 9.88. The second-order valence-electron chi connectivity index (χ2n) is 3.98. The molecule has 0 saturated carbocycles. The Labute approximate surface area is 84.5 Å². The van der Waals surface area contributed by atoms with E-state index in [4.69, 9.17) is 4.74 Å². The Morgan fingerprint density at radius 2 is 2.00 bits per heavy atom. The average Bonchev–Trinajstić information content (AvgIpc) is 2.31. The van der Waals surface area contributed by atoms with Crippen molar-refractivity contribution < 1.29 is 9.84 Å². The highest BCUT2D eigenvalue weighted by Crippen LogP contribution is 2.33. The predicted molar refractivity (Wildman–Crippen MR) is 55.6 cm³/mol. The minimum absolute atomic E-state index is 0.355. The third-order valence-electron chi connectivity index (χ3n) is 2.86. The molecule has 76 valence electrons. The number of aryl methyl sites for hydroxylation is 2. The van der Waals surface area contributed by atoms with Crippen LogP contribution in [0.25, 0.3) is 0 Å². The summed E-state index contributed by atoms with van der Waals surface area (Å²) >= 11 is 0. The van der Waals surface area contributed by atoms with Gasteiger partial charge in [0.05, 0.1) is 12.7 Å². The molecule has 1 aromatic carbocycles. The van der Waals surface area contributed by atoms with Crippen LogP contribution in [0, 0.1) is 13.8 Å². The highest BCUT2D eigenvalue weighted by Gasteiger charge is 2.17. The van der Waals surface area contributed by atoms with E-state index >= 15 is 0 Å². The highest BCUT2D eigenvalue weighted by molar-refractivity contribution is 5.43. The maximum Gasteiger partial charge on any atom is 0.125 e. The van der Waals surface area contributed by atoms with Crippen molar-refractivity contribution in [3.8, 4) is 5.75 Å². The summed E-state index contributed by atoms with van der Waals surface area (Å²) in [4.78, 5) is 0. The molecule has 1 aliphatic heterocycles. The van der Waals surface area contributed by atoms with Crippen molar-refractivity contribution >= 4 is 0 Å². The molecule has 1 aromatic rings. The van der Waals surface area contributed by atoms with Crippen LogP contribution in [0.2, 0.25) is 0 Å². The summed E-state index contributed by atoms with van der Waals surface area (Å²) in [5.74, 6) is 0.859. The number of hydrogen-bond donors (Lipinski definition) is 1. The van der Waals surface area contributed by atoms with Crippen LogP contribution in [0.15, 0.2) is 12.1 Å². The van der Waals surface area contributed by atoms with Gasteiger partial charge in [-0.25, -0.2) is 0 Å². The Morgan fingerprint density at radius 3 is 2.79 bits per heavy atom. The van der Waals surface area contributed by atoms with Gasteiger partial charge >= 0.3 is 0 Å². The number of ether oxygens (including phenoxy) is 1. The van der Waals surface area contributed by atoms with Gasteiger partial charge in [0.25, 0.3) is 0 Å². The molecule has 0 spiro atoms. The molecular formula is C12H16O2. The predicted octanol–water partition coefficient (Wildman–Crippen LogP) is 2.51. The molecule has 1 heterocycles. The molecule has 14 heavy (non-hydrogen) atoms. The summed E-state index contributed by atoms with van der Waals surface area (Å²) in [6.07, 6.45) is 1.37. The van der Waals surface area contributed by atoms with E-state index < -0.39 is 0 Å². The van der Waals surface area contributed by atoms with E-state index in [9.17, 15) is 5.11 Å². The fraction of sp³-hybridized carbons (Fsp3) is 0.500. The van der Waals surface area contributed by atoms with E-state index in [-0.39, 0.29) is 6.10 Å². The molecule has 0 bridgehead atoms. The summed E-state index contributed by atoms with van der Waals surface area (Å²) in [7, 11) is 0. The topological polar surface area (TPSA) is 29.5 Å². The second kappa shape index (κ2) is 3.62. The van der Waals surface area contributed by atoms with E-state index in [1.54, 1.807) is 0 Å². The van der Waals surface area contributed by atoms with Gasteiger partial charge in [0, 0.05) is 5.56 Å². The first-order valence-electron chi connectivity index (χ1n) is 5.10. The number of aliphatic hydroxyl groups excluding tert-OH is 1. The lowest BCUT2D eigenvalue weighted by Gasteiger charge is -2.13. The van der Waals surface area contributed by atoms with E-state index in [2.05, 4.69) is 13.8 Å². The van der Waals surface area contributed by atoms with Gasteiger partial charge in [0.1, 0.15) is 5.75 Å². The number of aliphatic hydroxyl groups is 1. The number of benzene rings is 1. The van der Waals surface area contributed by atoms with Gasteiger partial charge in [-0.2, -0.15) is 0 Å². The van der Waals surface area contributed by atoms with Gasteiger partial charge in [-0.05, 0) is 49.9 Å². The Hall–Kier alpha value is -1.02. The van der Waals surface area contributed by atoms with Crippen LogP contribution in [-0.2, 0) is 0 Å². The SMILES string of the molecule is Cc1cc2c(cc1C)[C@@H](O)CCCO2. The normalized spacial score (nSPS) is 20.9. The molecule has 0 saturated heterocycles. The molecule has 1 N–H and O–H groups in total. The van der Waals surface area contributed by atoms with Gasteiger partial charge in [-0.3, -0.25) is 0 Å². The van der Waals surface area contributed by atoms with Gasteiger partial charge in [-0.1, -0.05) is 0 Å². The number of hydrogen-bond acceptors (Lipinski definition) is 2. The molecule has 0 unspecified atom stereocenters. The van der Waals surface area contributed by atoms with Crippen LogP contribution in [0.4, 0.5) is 0 Å². The van der Waals surface area contributed by atoms with Crippen LogP contribution in [-0.4, -0.2) is 11.7 Å². The van der Waals surface area contributed by atoms with Crippen LogP contribution in [0.5, 0.6) is 5.75 Å². The fourth-order valence-electron chi connectivity index (χ4n) is 1.81. The van der Waals surface area contributed by atoms with E-state index in [0.717, 1.165) is 24.2 Å². The highest BCUT2D eigenvalue weighted by atomic mass is 16.5. The van der Waals surface area contributed by atoms with Gasteiger partial charge in [0.2, 0.25) is 0 Å². The average molecular weight is 192 g/mol. The molecule has 1 atom stereocenters. The smallest absolute Gasteiger partial charge is 0.125 e. The zero-order chi connectivity index (χ0) is 10.1. The molecular weight excluding hydrogens is 176 g/mol. The van der Waals surface area contributed by atoms with Crippen molar-refractivity contribution in [1.82, 2.24) is 0 Å². The minimum Gasteiger partial charge on any atom is -0.493 e. The van der Waals surface area contributed by atoms with Crippen molar-refractivity contribution in [2.24, 2.45) is 0 Å². The summed E-state index contributed by atoms with van der Waals surface area (Å²) in [5.41, 5.74) is 3.39. The summed E-state index contributed by atoms with van der Waals surface area (Å²) in [5, 5.41) is 9.88. The van der Waals surface area contributed by atoms with Crippen molar-refractivity contribution in [2.45, 2.75) is 32.8 Å². The van der Waals surface area contributed by atoms with Crippen molar-refractivity contribution in [3.63, 3.8) is 0 Å². The fourth-order valence-corrected chi connectivity index (χ4v) is 1.81.